The number of anilines is 6. The first-order valence-corrected chi connectivity index (χ1v) is 51.1. The van der Waals surface area contributed by atoms with Gasteiger partial charge >= 0.3 is 0 Å². The van der Waals surface area contributed by atoms with Gasteiger partial charge in [0.05, 0.1) is 85.8 Å². The van der Waals surface area contributed by atoms with E-state index in [0.29, 0.717) is 22.3 Å². The van der Waals surface area contributed by atoms with Gasteiger partial charge in [0, 0.05) is 88.7 Å². The Kier molecular flexibility index (Phi) is 16.7. The third-order valence-corrected chi connectivity index (χ3v) is 29.2. The first-order valence-electron chi connectivity index (χ1n) is 64.1. The first kappa shape index (κ1) is 71.8. The Hall–Kier alpha value is -12.6. The molecule has 0 unspecified atom stereocenters. The van der Waals surface area contributed by atoms with Gasteiger partial charge in [-0.25, -0.2) is 0 Å². The van der Waals surface area contributed by atoms with E-state index in [1.165, 1.54) is 4.57 Å². The van der Waals surface area contributed by atoms with Gasteiger partial charge in [-0.1, -0.05) is 407 Å². The van der Waals surface area contributed by atoms with E-state index in [4.69, 9.17) is 0 Å². The van der Waals surface area contributed by atoms with Crippen LogP contribution in [0.25, 0.3) is 127 Å². The van der Waals surface area contributed by atoms with Crippen LogP contribution in [-0.2, 0) is 65.0 Å². The summed E-state index contributed by atoms with van der Waals surface area (Å²) in [5.74, 6) is 0. The molecule has 0 fully saturated rings. The number of nitrogens with zero attached hydrogens (tertiary/aromatic N) is 5. The van der Waals surface area contributed by atoms with Crippen LogP contribution in [0.3, 0.4) is 0 Å². The molecule has 3 aromatic heterocycles. The van der Waals surface area contributed by atoms with E-state index < -0.39 is 245 Å². The number of rotatable bonds is 9. The third kappa shape index (κ3) is 17.0. The Balaban J connectivity index is 1.18. The normalized spacial score (nSPS) is 16.5. The monoisotopic (exact) mass is 1920 g/mol. The molecule has 0 radical (unpaired) electrons. The number of hydrogen-bond donors (Lipinski definition) is 0. The summed E-state index contributed by atoms with van der Waals surface area (Å²) in [5.41, 5.74) is -6.09. The Morgan fingerprint density at radius 3 is 0.854 bits per heavy atom. The van der Waals surface area contributed by atoms with E-state index in [1.54, 1.807) is 84.2 Å². The molecule has 2 aliphatic rings. The van der Waals surface area contributed by atoms with Crippen molar-refractivity contribution in [1.29, 1.82) is 0 Å². The zero-order valence-electron chi connectivity index (χ0n) is 117. The minimum absolute atomic E-state index is 0.000249. The number of fused-ring (bicyclic) bond motifs is 13. The minimum atomic E-state index is -1.39. The Morgan fingerprint density at radius 1 is 0.208 bits per heavy atom. The Morgan fingerprint density at radius 2 is 0.514 bits per heavy atom. The van der Waals surface area contributed by atoms with Crippen molar-refractivity contribution in [2.45, 2.75) is 314 Å². The molecular weight excluding hydrogens is 1740 g/mol. The summed E-state index contributed by atoms with van der Waals surface area (Å²) < 4.78 is 290. The standard InChI is InChI=1S/C138H154BN5/c1-127(2,3)85-52-48-83(49-53-85)100-74-92(134(22,23)24)76-106(97-63-56-91(133(19,20)21)78-110(97)138(34,35)36)125(100)143-119-79-94(140-115-66-57-87(129(7,8)9)70-102(115)103-71-88(130(10,11)12)58-67-116(103)140)61-64-111(119)139-112-65-62-95(141-117-68-59-89(131(13,14)15)72-104(117)105-73-90(132(16,17)18)60-69-118(105)141)80-120(112)144(122-82-96(81-121(143)124(122)139)142-113-46-39-37-42-98(113)99-43-38-40-47-114(99)142)126-101(84-50-54-86(55-51-84)128(4,5)6)75-93(135(25,26)27)77-107(126)123-108(136(28,29)30)44-41-45-109(123)137(31,32)33/h37-82H,1-36H3/i37D,38D,39D,40D,41D,42D,43D,44D,45D,46D,47D,48D,49D,50D,51D,52D,53D,54D,55D,56D,63D,74D,75D,76D,77D,78D. The zero-order valence-corrected chi connectivity index (χ0v) is 91.4. The average Bonchev–Trinajstić information content (AvgIpc) is 0.967. The van der Waals surface area contributed by atoms with Crippen LogP contribution in [0.15, 0.2) is 278 Å². The van der Waals surface area contributed by atoms with Gasteiger partial charge in [0.1, 0.15) is 0 Å². The fraction of sp³-hybridized carbons (Fsp3) is 0.348. The SMILES string of the molecule is [2H]c1c([2H])c(C(C)(C)C)c(-c2c([2H])c(C(C)(C)C)c([2H])c(-c3c([2H])c([2H])c(C(C)(C)C)c([2H])c3[2H])c2N2c3cc(-n4c5ccc(C(C)(C)C)cc5c5cc(C(C)(C)C)ccc54)ccc3B3c4ccc(-n5c6ccc(C(C)(C)C)cc6c6cc(C(C)(C)C)ccc65)cc4N(c4c(-c5c([2H])c([2H])c(C(C)(C)C)c([2H])c5[2H])c([2H])c(C(C)(C)C)c([2H])c4-c4c([2H])c([2H])c(C(C)(C)C)c([2H])c4C(C)(C)C)c4cc(-n5c6c([2H])c([2H])c([2H])c([2H])c6c6c([2H])c([2H])c([2H])c([2H])c65)cc2c43)c(C(C)(C)C)c1[2H]. The predicted octanol–water partition coefficient (Wildman–Crippen LogP) is 37.3. The molecule has 0 bridgehead atoms. The highest BCUT2D eigenvalue weighted by Crippen LogP contribution is 2.59. The van der Waals surface area contributed by atoms with Gasteiger partial charge in [0.2, 0.25) is 0 Å². The second kappa shape index (κ2) is 33.5. The predicted molar refractivity (Wildman–Crippen MR) is 630 cm³/mol. The Labute approximate surface area is 898 Å². The van der Waals surface area contributed by atoms with Crippen molar-refractivity contribution >= 4 is 123 Å². The van der Waals surface area contributed by atoms with Gasteiger partial charge in [-0.2, -0.15) is 0 Å². The molecule has 6 heteroatoms. The lowest BCUT2D eigenvalue weighted by atomic mass is 9.33. The van der Waals surface area contributed by atoms with E-state index in [9.17, 15) is 35.6 Å². The fourth-order valence-corrected chi connectivity index (χ4v) is 20.9. The smallest absolute Gasteiger partial charge is 0.252 e. The summed E-state index contributed by atoms with van der Waals surface area (Å²) in [4.78, 5) is 3.57. The van der Waals surface area contributed by atoms with Crippen molar-refractivity contribution < 1.29 is 35.6 Å². The fourth-order valence-electron chi connectivity index (χ4n) is 20.9. The van der Waals surface area contributed by atoms with Crippen LogP contribution < -0.4 is 26.2 Å². The largest absolute Gasteiger partial charge is 0.310 e. The zero-order chi connectivity index (χ0) is 126. The maximum Gasteiger partial charge on any atom is 0.252 e. The third-order valence-electron chi connectivity index (χ3n) is 29.2. The lowest BCUT2D eigenvalue weighted by Gasteiger charge is -2.46. The molecule has 0 saturated heterocycles. The van der Waals surface area contributed by atoms with E-state index in [0.717, 1.165) is 65.9 Å². The molecule has 20 rings (SSSR count). The molecule has 15 aromatic carbocycles. The van der Waals surface area contributed by atoms with Crippen LogP contribution in [0.2, 0.25) is 0 Å². The highest BCUT2D eigenvalue weighted by atomic mass is 15.2. The van der Waals surface area contributed by atoms with Crippen LogP contribution >= 0.6 is 0 Å². The summed E-state index contributed by atoms with van der Waals surface area (Å²) in [5, 5.41) is 2.74. The van der Waals surface area contributed by atoms with E-state index >= 15 is 0 Å². The summed E-state index contributed by atoms with van der Waals surface area (Å²) in [6, 6.07) is 26.0. The van der Waals surface area contributed by atoms with Crippen molar-refractivity contribution in [3.63, 3.8) is 0 Å². The van der Waals surface area contributed by atoms with Gasteiger partial charge in [0.25, 0.3) is 6.71 Å². The van der Waals surface area contributed by atoms with Crippen LogP contribution in [0, 0.1) is 0 Å². The summed E-state index contributed by atoms with van der Waals surface area (Å²) in [6.07, 6.45) is 0. The van der Waals surface area contributed by atoms with Crippen LogP contribution in [0.1, 0.15) is 352 Å². The quantitative estimate of drug-likeness (QED) is 0.134. The lowest BCUT2D eigenvalue weighted by molar-refractivity contribution is 0.569. The molecule has 734 valence electrons. The molecule has 0 aliphatic carbocycles. The number of para-hydroxylation sites is 2. The number of hydrogen-bond acceptors (Lipinski definition) is 2. The van der Waals surface area contributed by atoms with Crippen molar-refractivity contribution in [2.24, 2.45) is 0 Å². The molecular formula is C138H154BN5. The highest BCUT2D eigenvalue weighted by molar-refractivity contribution is 7.00. The second-order valence-corrected chi connectivity index (χ2v) is 52.8. The highest BCUT2D eigenvalue weighted by Gasteiger charge is 2.48. The van der Waals surface area contributed by atoms with Gasteiger partial charge in [-0.3, -0.25) is 0 Å². The summed E-state index contributed by atoms with van der Waals surface area (Å²) >= 11 is 0. The topological polar surface area (TPSA) is 21.3 Å². The molecule has 0 atom stereocenters. The molecule has 0 amide bonds. The average molecular weight is 1920 g/mol. The molecule has 5 heterocycles. The summed E-state index contributed by atoms with van der Waals surface area (Å²) in [6.45, 7) is 68.3. The lowest BCUT2D eigenvalue weighted by Crippen LogP contribution is -2.61. The molecule has 0 saturated carbocycles. The van der Waals surface area contributed by atoms with E-state index in [-0.39, 0.29) is 140 Å². The maximum absolute atomic E-state index is 12.3. The van der Waals surface area contributed by atoms with Gasteiger partial charge in [-0.15, -0.1) is 0 Å². The van der Waals surface area contributed by atoms with Crippen LogP contribution in [0.4, 0.5) is 34.1 Å². The molecule has 2 aliphatic heterocycles. The molecule has 144 heavy (non-hydrogen) atoms. The maximum atomic E-state index is 12.3. The van der Waals surface area contributed by atoms with Crippen LogP contribution in [-0.4, -0.2) is 20.4 Å². The van der Waals surface area contributed by atoms with Crippen LogP contribution in [0.5, 0.6) is 0 Å². The Bertz CT molecular complexity index is 9620. The minimum Gasteiger partial charge on any atom is -0.310 e. The summed E-state index contributed by atoms with van der Waals surface area (Å²) in [7, 11) is 0. The van der Waals surface area contributed by atoms with Crippen molar-refractivity contribution in [3.05, 3.63) is 345 Å². The molecule has 0 spiro atoms. The van der Waals surface area contributed by atoms with Crippen molar-refractivity contribution in [1.82, 2.24) is 13.7 Å². The van der Waals surface area contributed by atoms with Gasteiger partial charge in [-0.05, 0) is 292 Å². The number of aromatic nitrogens is 3. The van der Waals surface area contributed by atoms with Gasteiger partial charge < -0.3 is 23.5 Å². The first-order chi connectivity index (χ1) is 77.9. The molecule has 18 aromatic rings. The number of benzene rings is 15. The molecule has 0 N–H and O–H groups in total. The van der Waals surface area contributed by atoms with E-state index in [2.05, 4.69) is 165 Å². The van der Waals surface area contributed by atoms with Crippen molar-refractivity contribution in [2.75, 3.05) is 9.80 Å². The second-order valence-electron chi connectivity index (χ2n) is 52.8. The van der Waals surface area contributed by atoms with Crippen molar-refractivity contribution in [3.8, 4) is 61.6 Å². The van der Waals surface area contributed by atoms with Gasteiger partial charge in [0.15, 0.2) is 0 Å². The van der Waals surface area contributed by atoms with E-state index in [1.807, 2.05) is 140 Å². The molecule has 5 nitrogen and oxygen atoms in total.